The molecule has 0 radical (unpaired) electrons. The number of benzene rings is 1. The summed E-state index contributed by atoms with van der Waals surface area (Å²) in [5.74, 6) is -0.975. The molecule has 1 aliphatic heterocycles. The number of rotatable bonds is 3. The summed E-state index contributed by atoms with van der Waals surface area (Å²) >= 11 is 5.87. The zero-order valence-electron chi connectivity index (χ0n) is 11.2. The topological polar surface area (TPSA) is 69.6 Å². The standard InChI is InChI=1S/C14H17ClN2O3/c1-9-5-6-17(12(9)13(18)19)14(20)16-8-10-3-2-4-11(15)7-10/h2-4,7,9,12H,5-6,8H2,1H3,(H,16,20)(H,18,19). The van der Waals surface area contributed by atoms with Crippen molar-refractivity contribution in [3.05, 3.63) is 34.9 Å². The zero-order chi connectivity index (χ0) is 14.7. The van der Waals surface area contributed by atoms with Crippen LogP contribution in [0.2, 0.25) is 5.02 Å². The molecule has 2 amide bonds. The highest BCUT2D eigenvalue weighted by atomic mass is 35.5. The lowest BCUT2D eigenvalue weighted by Crippen LogP contribution is -2.47. The molecule has 1 heterocycles. The minimum Gasteiger partial charge on any atom is -0.480 e. The number of hydrogen-bond acceptors (Lipinski definition) is 2. The maximum atomic E-state index is 12.1. The van der Waals surface area contributed by atoms with Crippen molar-refractivity contribution in [2.75, 3.05) is 6.54 Å². The highest BCUT2D eigenvalue weighted by Gasteiger charge is 2.39. The Labute approximate surface area is 122 Å². The molecule has 2 N–H and O–H groups in total. The maximum Gasteiger partial charge on any atom is 0.326 e. The van der Waals surface area contributed by atoms with Crippen LogP contribution in [0, 0.1) is 5.92 Å². The predicted octanol–water partition coefficient (Wildman–Crippen LogP) is 2.34. The van der Waals surface area contributed by atoms with Gasteiger partial charge in [0.1, 0.15) is 6.04 Å². The van der Waals surface area contributed by atoms with E-state index in [9.17, 15) is 14.7 Å². The molecule has 0 aliphatic carbocycles. The molecule has 0 saturated carbocycles. The predicted molar refractivity (Wildman–Crippen MR) is 75.6 cm³/mol. The second-order valence-electron chi connectivity index (χ2n) is 5.03. The molecule has 2 rings (SSSR count). The average molecular weight is 297 g/mol. The maximum absolute atomic E-state index is 12.1. The van der Waals surface area contributed by atoms with E-state index in [4.69, 9.17) is 11.6 Å². The first kappa shape index (κ1) is 14.7. The molecule has 2 atom stereocenters. The first-order valence-electron chi connectivity index (χ1n) is 6.50. The fourth-order valence-electron chi connectivity index (χ4n) is 2.48. The molecule has 1 aliphatic rings. The number of carboxylic acid groups (broad SMARTS) is 1. The Hall–Kier alpha value is -1.75. The number of amides is 2. The van der Waals surface area contributed by atoms with Crippen LogP contribution in [0.25, 0.3) is 0 Å². The lowest BCUT2D eigenvalue weighted by atomic mass is 10.0. The third-order valence-electron chi connectivity index (χ3n) is 3.55. The molecule has 20 heavy (non-hydrogen) atoms. The summed E-state index contributed by atoms with van der Waals surface area (Å²) in [5, 5.41) is 12.5. The van der Waals surface area contributed by atoms with Gasteiger partial charge < -0.3 is 15.3 Å². The van der Waals surface area contributed by atoms with Crippen LogP contribution in [0.15, 0.2) is 24.3 Å². The number of hydrogen-bond donors (Lipinski definition) is 2. The normalized spacial score (nSPS) is 21.8. The second kappa shape index (κ2) is 6.13. The van der Waals surface area contributed by atoms with Gasteiger partial charge in [0.15, 0.2) is 0 Å². The quantitative estimate of drug-likeness (QED) is 0.899. The fraction of sp³-hybridized carbons (Fsp3) is 0.429. The first-order valence-corrected chi connectivity index (χ1v) is 6.88. The van der Waals surface area contributed by atoms with Crippen molar-refractivity contribution in [3.8, 4) is 0 Å². The minimum absolute atomic E-state index is 0.0237. The number of urea groups is 1. The van der Waals surface area contributed by atoms with Crippen molar-refractivity contribution < 1.29 is 14.7 Å². The van der Waals surface area contributed by atoms with Crippen molar-refractivity contribution in [1.29, 1.82) is 0 Å². The average Bonchev–Trinajstić information content (AvgIpc) is 2.78. The fourth-order valence-corrected chi connectivity index (χ4v) is 2.69. The van der Waals surface area contributed by atoms with Gasteiger partial charge in [-0.15, -0.1) is 0 Å². The molecule has 1 aromatic carbocycles. The molecule has 108 valence electrons. The van der Waals surface area contributed by atoms with Gasteiger partial charge >= 0.3 is 12.0 Å². The lowest BCUT2D eigenvalue weighted by molar-refractivity contribution is -0.142. The lowest BCUT2D eigenvalue weighted by Gasteiger charge is -2.23. The van der Waals surface area contributed by atoms with E-state index in [0.29, 0.717) is 24.5 Å². The highest BCUT2D eigenvalue weighted by molar-refractivity contribution is 6.30. The summed E-state index contributed by atoms with van der Waals surface area (Å²) in [4.78, 5) is 24.7. The third-order valence-corrected chi connectivity index (χ3v) is 3.78. The summed E-state index contributed by atoms with van der Waals surface area (Å²) in [7, 11) is 0. The molecule has 5 nitrogen and oxygen atoms in total. The molecule has 0 bridgehead atoms. The largest absolute Gasteiger partial charge is 0.480 e. The van der Waals surface area contributed by atoms with E-state index in [1.54, 1.807) is 12.1 Å². The Morgan fingerprint density at radius 3 is 2.90 bits per heavy atom. The summed E-state index contributed by atoms with van der Waals surface area (Å²) in [6, 6.07) is 6.10. The van der Waals surface area contributed by atoms with E-state index in [1.807, 2.05) is 19.1 Å². The molecule has 1 aromatic rings. The SMILES string of the molecule is CC1CCN(C(=O)NCc2cccc(Cl)c2)C1C(=O)O. The third kappa shape index (κ3) is 3.22. The summed E-state index contributed by atoms with van der Waals surface area (Å²) in [5.41, 5.74) is 0.880. The van der Waals surface area contributed by atoms with Crippen molar-refractivity contribution in [3.63, 3.8) is 0 Å². The van der Waals surface area contributed by atoms with Crippen LogP contribution in [0.1, 0.15) is 18.9 Å². The van der Waals surface area contributed by atoms with Crippen molar-refractivity contribution in [2.45, 2.75) is 25.9 Å². The van der Waals surface area contributed by atoms with E-state index in [0.717, 1.165) is 5.56 Å². The van der Waals surface area contributed by atoms with Gasteiger partial charge in [-0.25, -0.2) is 9.59 Å². The number of carboxylic acids is 1. The zero-order valence-corrected chi connectivity index (χ0v) is 11.9. The van der Waals surface area contributed by atoms with E-state index in [1.165, 1.54) is 4.90 Å². The van der Waals surface area contributed by atoms with E-state index >= 15 is 0 Å². The summed E-state index contributed by atoms with van der Waals surface area (Å²) in [6.45, 7) is 2.65. The van der Waals surface area contributed by atoms with Gasteiger partial charge in [0.2, 0.25) is 0 Å². The highest BCUT2D eigenvalue weighted by Crippen LogP contribution is 2.24. The van der Waals surface area contributed by atoms with Gasteiger partial charge in [0.25, 0.3) is 0 Å². The van der Waals surface area contributed by atoms with Crippen LogP contribution >= 0.6 is 11.6 Å². The Kier molecular flexibility index (Phi) is 4.49. The minimum atomic E-state index is -0.951. The Balaban J connectivity index is 1.96. The number of carbonyl (C=O) groups excluding carboxylic acids is 1. The van der Waals surface area contributed by atoms with Crippen LogP contribution < -0.4 is 5.32 Å². The Morgan fingerprint density at radius 1 is 1.50 bits per heavy atom. The molecular formula is C14H17ClN2O3. The van der Waals surface area contributed by atoms with Crippen molar-refractivity contribution >= 4 is 23.6 Å². The van der Waals surface area contributed by atoms with Gasteiger partial charge in [-0.1, -0.05) is 30.7 Å². The van der Waals surface area contributed by atoms with Crippen LogP contribution in [0.3, 0.4) is 0 Å². The molecule has 2 unspecified atom stereocenters. The Bertz CT molecular complexity index is 521. The number of aliphatic carboxylic acids is 1. The molecule has 0 spiro atoms. The summed E-state index contributed by atoms with van der Waals surface area (Å²) < 4.78 is 0. The number of likely N-dealkylation sites (tertiary alicyclic amines) is 1. The van der Waals surface area contributed by atoms with Gasteiger partial charge in [0, 0.05) is 18.1 Å². The Morgan fingerprint density at radius 2 is 2.25 bits per heavy atom. The van der Waals surface area contributed by atoms with Gasteiger partial charge in [0.05, 0.1) is 0 Å². The molecular weight excluding hydrogens is 280 g/mol. The number of halogens is 1. The number of carbonyl (C=O) groups is 2. The summed E-state index contributed by atoms with van der Waals surface area (Å²) in [6.07, 6.45) is 0.710. The van der Waals surface area contributed by atoms with Crippen LogP contribution in [0.4, 0.5) is 4.79 Å². The number of nitrogens with zero attached hydrogens (tertiary/aromatic N) is 1. The van der Waals surface area contributed by atoms with Crippen molar-refractivity contribution in [2.24, 2.45) is 5.92 Å². The van der Waals surface area contributed by atoms with Gasteiger partial charge in [-0.05, 0) is 30.0 Å². The van der Waals surface area contributed by atoms with E-state index in [-0.39, 0.29) is 11.9 Å². The van der Waals surface area contributed by atoms with Gasteiger partial charge in [-0.2, -0.15) is 0 Å². The van der Waals surface area contributed by atoms with E-state index < -0.39 is 12.0 Å². The smallest absolute Gasteiger partial charge is 0.326 e. The van der Waals surface area contributed by atoms with Crippen molar-refractivity contribution in [1.82, 2.24) is 10.2 Å². The van der Waals surface area contributed by atoms with Crippen LogP contribution in [0.5, 0.6) is 0 Å². The first-order chi connectivity index (χ1) is 9.49. The molecule has 0 aromatic heterocycles. The molecule has 6 heteroatoms. The molecule has 1 saturated heterocycles. The molecule has 1 fully saturated rings. The second-order valence-corrected chi connectivity index (χ2v) is 5.47. The van der Waals surface area contributed by atoms with Gasteiger partial charge in [-0.3, -0.25) is 0 Å². The number of nitrogens with one attached hydrogen (secondary N) is 1. The monoisotopic (exact) mass is 296 g/mol. The van der Waals surface area contributed by atoms with E-state index in [2.05, 4.69) is 5.32 Å². The van der Waals surface area contributed by atoms with Crippen LogP contribution in [-0.4, -0.2) is 34.6 Å². The van der Waals surface area contributed by atoms with Crippen LogP contribution in [-0.2, 0) is 11.3 Å².